The van der Waals surface area contributed by atoms with E-state index in [0.717, 1.165) is 42.9 Å². The van der Waals surface area contributed by atoms with E-state index in [1.807, 2.05) is 24.8 Å². The second-order valence-electron chi connectivity index (χ2n) is 8.62. The van der Waals surface area contributed by atoms with Gasteiger partial charge in [0.05, 0.1) is 24.0 Å². The molecule has 3 aromatic heterocycles. The van der Waals surface area contributed by atoms with Crippen LogP contribution >= 0.6 is 11.3 Å². The average Bonchev–Trinajstić information content (AvgIpc) is 3.48. The maximum Gasteiger partial charge on any atom is 0.276 e. The highest BCUT2D eigenvalue weighted by Crippen LogP contribution is 2.33. The van der Waals surface area contributed by atoms with Gasteiger partial charge in [0.2, 0.25) is 5.91 Å². The summed E-state index contributed by atoms with van der Waals surface area (Å²) >= 11 is 1.78. The van der Waals surface area contributed by atoms with Crippen molar-refractivity contribution in [3.8, 4) is 0 Å². The van der Waals surface area contributed by atoms with Gasteiger partial charge in [-0.1, -0.05) is 19.9 Å². The zero-order chi connectivity index (χ0) is 20.8. The molecule has 0 aliphatic carbocycles. The van der Waals surface area contributed by atoms with E-state index in [4.69, 9.17) is 4.98 Å². The van der Waals surface area contributed by atoms with Gasteiger partial charge in [-0.15, -0.1) is 11.3 Å². The first-order valence-corrected chi connectivity index (χ1v) is 11.6. The van der Waals surface area contributed by atoms with Crippen LogP contribution < -0.4 is 5.56 Å². The summed E-state index contributed by atoms with van der Waals surface area (Å²) in [4.78, 5) is 36.0. The SMILES string of the molecule is CC(C)C(=O)N1CCc2c(nc3cc([C@@H]4CCCN4Cc4cccs4)[nH]n3c2=O)C1. The molecule has 2 aliphatic rings. The quantitative estimate of drug-likeness (QED) is 0.698. The molecule has 1 amide bonds. The van der Waals surface area contributed by atoms with Crippen molar-refractivity contribution in [2.75, 3.05) is 13.1 Å². The smallest absolute Gasteiger partial charge is 0.276 e. The van der Waals surface area contributed by atoms with E-state index in [0.29, 0.717) is 25.2 Å². The van der Waals surface area contributed by atoms with Gasteiger partial charge >= 0.3 is 0 Å². The summed E-state index contributed by atoms with van der Waals surface area (Å²) in [6.45, 7) is 6.81. The third-order valence-corrected chi connectivity index (χ3v) is 7.11. The van der Waals surface area contributed by atoms with Gasteiger partial charge in [-0.3, -0.25) is 19.6 Å². The number of aromatic nitrogens is 3. The molecule has 30 heavy (non-hydrogen) atoms. The van der Waals surface area contributed by atoms with Crippen molar-refractivity contribution in [2.45, 2.75) is 52.2 Å². The molecule has 0 bridgehead atoms. The van der Waals surface area contributed by atoms with Crippen molar-refractivity contribution < 1.29 is 4.79 Å². The summed E-state index contributed by atoms with van der Waals surface area (Å²) in [6, 6.07) is 6.55. The van der Waals surface area contributed by atoms with Gasteiger partial charge in [0, 0.05) is 35.5 Å². The number of hydrogen-bond acceptors (Lipinski definition) is 5. The average molecular weight is 426 g/mol. The lowest BCUT2D eigenvalue weighted by atomic mass is 10.0. The van der Waals surface area contributed by atoms with E-state index in [1.165, 1.54) is 4.88 Å². The van der Waals surface area contributed by atoms with Crippen LogP contribution in [0.5, 0.6) is 0 Å². The molecule has 7 nitrogen and oxygen atoms in total. The summed E-state index contributed by atoms with van der Waals surface area (Å²) in [6.07, 6.45) is 2.78. The maximum atomic E-state index is 13.1. The van der Waals surface area contributed by atoms with Crippen LogP contribution in [0, 0.1) is 5.92 Å². The maximum absolute atomic E-state index is 13.1. The molecule has 1 fully saturated rings. The van der Waals surface area contributed by atoms with Crippen LogP contribution in [0.2, 0.25) is 0 Å². The third-order valence-electron chi connectivity index (χ3n) is 6.25. The number of carbonyl (C=O) groups is 1. The van der Waals surface area contributed by atoms with Gasteiger partial charge in [0.15, 0.2) is 5.65 Å². The topological polar surface area (TPSA) is 73.7 Å². The van der Waals surface area contributed by atoms with Gasteiger partial charge in [-0.25, -0.2) is 9.50 Å². The van der Waals surface area contributed by atoms with Crippen molar-refractivity contribution in [3.63, 3.8) is 0 Å². The Balaban J connectivity index is 1.46. The molecule has 0 radical (unpaired) electrons. The summed E-state index contributed by atoms with van der Waals surface area (Å²) in [5.74, 6) is 0.0690. The van der Waals surface area contributed by atoms with Crippen LogP contribution in [0.3, 0.4) is 0 Å². The lowest BCUT2D eigenvalue weighted by Crippen LogP contribution is -2.41. The first kappa shape index (κ1) is 19.5. The normalized spacial score (nSPS) is 19.7. The van der Waals surface area contributed by atoms with E-state index in [9.17, 15) is 9.59 Å². The number of aromatic amines is 1. The summed E-state index contributed by atoms with van der Waals surface area (Å²) in [5, 5.41) is 5.46. The van der Waals surface area contributed by atoms with Crippen molar-refractivity contribution in [2.24, 2.45) is 5.92 Å². The Morgan fingerprint density at radius 3 is 3.00 bits per heavy atom. The number of carbonyl (C=O) groups excluding carboxylic acids is 1. The van der Waals surface area contributed by atoms with Crippen molar-refractivity contribution in [3.05, 3.63) is 55.8 Å². The second-order valence-corrected chi connectivity index (χ2v) is 9.65. The lowest BCUT2D eigenvalue weighted by Gasteiger charge is -2.29. The fourth-order valence-electron chi connectivity index (χ4n) is 4.71. The number of amides is 1. The molecule has 0 aromatic carbocycles. The van der Waals surface area contributed by atoms with E-state index in [2.05, 4.69) is 27.5 Å². The summed E-state index contributed by atoms with van der Waals surface area (Å²) in [5.41, 5.74) is 3.14. The van der Waals surface area contributed by atoms with E-state index < -0.39 is 0 Å². The summed E-state index contributed by atoms with van der Waals surface area (Å²) in [7, 11) is 0. The Kier molecular flexibility index (Phi) is 4.99. The van der Waals surface area contributed by atoms with Crippen molar-refractivity contribution in [1.82, 2.24) is 24.4 Å². The molecule has 5 rings (SSSR count). The molecule has 158 valence electrons. The molecule has 0 spiro atoms. The van der Waals surface area contributed by atoms with Crippen LogP contribution in [0.1, 0.15) is 54.6 Å². The van der Waals surface area contributed by atoms with Gasteiger partial charge in [-0.05, 0) is 37.3 Å². The lowest BCUT2D eigenvalue weighted by molar-refractivity contribution is -0.135. The van der Waals surface area contributed by atoms with Crippen molar-refractivity contribution >= 4 is 22.9 Å². The van der Waals surface area contributed by atoms with E-state index in [1.54, 1.807) is 15.9 Å². The standard InChI is InChI=1S/C22H27N5O2S/c1-14(2)21(28)26-9-7-16-18(13-26)23-20-11-17(24-27(20)22(16)29)19-6-3-8-25(19)12-15-5-4-10-30-15/h4-5,10-11,14,19,24H,3,6-9,12-13H2,1-2H3/t19-/m0/s1. The van der Waals surface area contributed by atoms with Gasteiger partial charge in [0.25, 0.3) is 5.56 Å². The molecule has 0 unspecified atom stereocenters. The molecule has 5 heterocycles. The highest BCUT2D eigenvalue weighted by atomic mass is 32.1. The largest absolute Gasteiger partial charge is 0.336 e. The Morgan fingerprint density at radius 1 is 1.37 bits per heavy atom. The van der Waals surface area contributed by atoms with E-state index >= 15 is 0 Å². The molecule has 0 saturated carbocycles. The zero-order valence-corrected chi connectivity index (χ0v) is 18.2. The fraction of sp³-hybridized carbons (Fsp3) is 0.500. The van der Waals surface area contributed by atoms with Gasteiger partial charge in [-0.2, -0.15) is 0 Å². The second kappa shape index (κ2) is 7.67. The molecule has 2 aliphatic heterocycles. The molecule has 1 atom stereocenters. The van der Waals surface area contributed by atoms with Gasteiger partial charge in [0.1, 0.15) is 0 Å². The highest BCUT2D eigenvalue weighted by Gasteiger charge is 2.30. The number of fused-ring (bicyclic) bond motifs is 2. The minimum Gasteiger partial charge on any atom is -0.336 e. The van der Waals surface area contributed by atoms with Crippen LogP contribution in [0.15, 0.2) is 28.4 Å². The number of thiophene rings is 1. The first-order valence-electron chi connectivity index (χ1n) is 10.7. The minimum absolute atomic E-state index is 0.0271. The number of rotatable bonds is 4. The number of hydrogen-bond donors (Lipinski definition) is 1. The number of likely N-dealkylation sites (tertiary alicyclic amines) is 1. The van der Waals surface area contributed by atoms with Crippen LogP contribution in [-0.2, 0) is 24.3 Å². The van der Waals surface area contributed by atoms with Crippen LogP contribution in [0.25, 0.3) is 5.65 Å². The Hall–Kier alpha value is -2.45. The Bertz CT molecular complexity index is 1130. The molecular formula is C22H27N5O2S. The van der Waals surface area contributed by atoms with Crippen LogP contribution in [0.4, 0.5) is 0 Å². The molecule has 8 heteroatoms. The summed E-state index contributed by atoms with van der Waals surface area (Å²) < 4.78 is 1.59. The highest BCUT2D eigenvalue weighted by molar-refractivity contribution is 7.09. The zero-order valence-electron chi connectivity index (χ0n) is 17.4. The minimum atomic E-state index is -0.0491. The molecule has 1 saturated heterocycles. The van der Waals surface area contributed by atoms with E-state index in [-0.39, 0.29) is 23.4 Å². The predicted molar refractivity (Wildman–Crippen MR) is 116 cm³/mol. The van der Waals surface area contributed by atoms with Crippen LogP contribution in [-0.4, -0.2) is 43.4 Å². The Morgan fingerprint density at radius 2 is 2.23 bits per heavy atom. The molecule has 3 aromatic rings. The number of nitrogens with zero attached hydrogens (tertiary/aromatic N) is 4. The Labute approximate surface area is 179 Å². The monoisotopic (exact) mass is 425 g/mol. The van der Waals surface area contributed by atoms with Crippen molar-refractivity contribution in [1.29, 1.82) is 0 Å². The molecular weight excluding hydrogens is 398 g/mol. The predicted octanol–water partition coefficient (Wildman–Crippen LogP) is 2.96. The first-order chi connectivity index (χ1) is 14.5. The number of nitrogens with one attached hydrogen (secondary N) is 1. The fourth-order valence-corrected chi connectivity index (χ4v) is 5.44. The number of H-pyrrole nitrogens is 1. The van der Waals surface area contributed by atoms with Gasteiger partial charge < -0.3 is 4.90 Å². The molecule has 1 N–H and O–H groups in total. The third kappa shape index (κ3) is 3.37.